The lowest BCUT2D eigenvalue weighted by molar-refractivity contribution is 0.554. The maximum Gasteiger partial charge on any atom is 0.210 e. The summed E-state index contributed by atoms with van der Waals surface area (Å²) in [6, 6.07) is 21.5. The van der Waals surface area contributed by atoms with Gasteiger partial charge in [0.15, 0.2) is 0 Å². The van der Waals surface area contributed by atoms with E-state index in [9.17, 15) is 4.55 Å². The molecule has 0 aromatic heterocycles. The zero-order valence-corrected chi connectivity index (χ0v) is 20.4. The third-order valence-electron chi connectivity index (χ3n) is 4.82. The van der Waals surface area contributed by atoms with Crippen molar-refractivity contribution in [3.05, 3.63) is 83.7 Å². The molecular formula is C24H29N2OPS2. The number of hydrogen-bond acceptors (Lipinski definition) is 2. The molecule has 0 heterocycles. The Morgan fingerprint density at radius 1 is 1.03 bits per heavy atom. The molecule has 2 aromatic rings. The van der Waals surface area contributed by atoms with E-state index in [4.69, 9.17) is 12.2 Å². The Kier molecular flexibility index (Phi) is 7.75. The van der Waals surface area contributed by atoms with Crippen LogP contribution in [0.15, 0.2) is 83.7 Å². The minimum absolute atomic E-state index is 0.0457. The Hall–Kier alpha value is -1.65. The first-order valence-corrected chi connectivity index (χ1v) is 13.0. The fourth-order valence-electron chi connectivity index (χ4n) is 3.26. The topological polar surface area (TPSA) is 47.1 Å². The molecule has 30 heavy (non-hydrogen) atoms. The van der Waals surface area contributed by atoms with Crippen molar-refractivity contribution >= 4 is 47.2 Å². The molecule has 3 nitrogen and oxygen atoms in total. The maximum absolute atomic E-state index is 12.4. The number of rotatable bonds is 6. The van der Waals surface area contributed by atoms with Crippen LogP contribution in [0.3, 0.4) is 0 Å². The van der Waals surface area contributed by atoms with Crippen LogP contribution < -0.4 is 20.6 Å². The second-order valence-corrected chi connectivity index (χ2v) is 12.8. The molecule has 3 rings (SSSR count). The lowest BCUT2D eigenvalue weighted by atomic mass is 10.1. The van der Waals surface area contributed by atoms with E-state index in [1.807, 2.05) is 20.8 Å². The maximum atomic E-state index is 12.4. The monoisotopic (exact) mass is 456 g/mol. The van der Waals surface area contributed by atoms with Crippen molar-refractivity contribution in [2.45, 2.75) is 44.9 Å². The van der Waals surface area contributed by atoms with Gasteiger partial charge in [-0.25, -0.2) is 0 Å². The number of allylic oxidation sites excluding steroid dienone is 3. The van der Waals surface area contributed by atoms with Crippen molar-refractivity contribution in [3.8, 4) is 0 Å². The molecule has 1 aliphatic carbocycles. The highest BCUT2D eigenvalue weighted by molar-refractivity contribution is 7.93. The van der Waals surface area contributed by atoms with Crippen molar-refractivity contribution in [3.63, 3.8) is 0 Å². The van der Waals surface area contributed by atoms with Crippen LogP contribution in [0.5, 0.6) is 0 Å². The Labute approximate surface area is 190 Å². The quantitative estimate of drug-likeness (QED) is 0.377. The highest BCUT2D eigenvalue weighted by Gasteiger charge is 2.29. The van der Waals surface area contributed by atoms with Crippen molar-refractivity contribution in [1.29, 1.82) is 0 Å². The molecule has 0 saturated heterocycles. The summed E-state index contributed by atoms with van der Waals surface area (Å²) >= 11 is 4.21. The Morgan fingerprint density at radius 2 is 1.57 bits per heavy atom. The first-order valence-electron chi connectivity index (χ1n) is 10.1. The molecule has 1 aliphatic rings. The molecule has 0 bridgehead atoms. The number of thiocarbonyl (C=S) groups is 1. The average molecular weight is 457 g/mol. The molecule has 6 heteroatoms. The summed E-state index contributed by atoms with van der Waals surface area (Å²) < 4.78 is 14.9. The third kappa shape index (κ3) is 5.73. The van der Waals surface area contributed by atoms with Gasteiger partial charge in [-0.15, -0.1) is 0 Å². The summed E-state index contributed by atoms with van der Waals surface area (Å²) in [6.07, 6.45) is 5.39. The van der Waals surface area contributed by atoms with Crippen LogP contribution in [0.4, 0.5) is 0 Å². The Bertz CT molecular complexity index is 884. The predicted molar refractivity (Wildman–Crippen MR) is 136 cm³/mol. The van der Waals surface area contributed by atoms with Gasteiger partial charge in [0, 0.05) is 6.04 Å². The first-order chi connectivity index (χ1) is 14.3. The van der Waals surface area contributed by atoms with E-state index in [0.717, 1.165) is 6.42 Å². The molecule has 0 saturated carbocycles. The molecular weight excluding hydrogens is 427 g/mol. The Balaban J connectivity index is 1.88. The van der Waals surface area contributed by atoms with Gasteiger partial charge < -0.3 is 9.87 Å². The fourth-order valence-corrected chi connectivity index (χ4v) is 6.82. The number of nitrogens with one attached hydrogen (secondary N) is 2. The summed E-state index contributed by atoms with van der Waals surface area (Å²) in [5.74, 6) is 0. The van der Waals surface area contributed by atoms with Gasteiger partial charge in [-0.3, -0.25) is 0 Å². The zero-order valence-electron chi connectivity index (χ0n) is 17.9. The molecule has 0 spiro atoms. The van der Waals surface area contributed by atoms with E-state index >= 15 is 0 Å². The molecule has 158 valence electrons. The summed E-state index contributed by atoms with van der Waals surface area (Å²) in [7, 11) is -0.655. The van der Waals surface area contributed by atoms with Crippen molar-refractivity contribution in [1.82, 2.24) is 10.0 Å². The largest absolute Gasteiger partial charge is 0.593 e. The van der Waals surface area contributed by atoms with Gasteiger partial charge in [0.2, 0.25) is 5.11 Å². The predicted octanol–water partition coefficient (Wildman–Crippen LogP) is 4.65. The lowest BCUT2D eigenvalue weighted by Gasteiger charge is -2.27. The number of hydrogen-bond donors (Lipinski definition) is 2. The van der Waals surface area contributed by atoms with E-state index in [1.54, 1.807) is 0 Å². The second kappa shape index (κ2) is 10.1. The van der Waals surface area contributed by atoms with E-state index in [1.165, 1.54) is 21.5 Å². The van der Waals surface area contributed by atoms with Crippen LogP contribution >= 0.6 is 20.1 Å². The molecule has 2 aromatic carbocycles. The highest BCUT2D eigenvalue weighted by Crippen LogP contribution is 2.48. The van der Waals surface area contributed by atoms with E-state index in [-0.39, 0.29) is 10.8 Å². The van der Waals surface area contributed by atoms with Crippen LogP contribution in [0.25, 0.3) is 0 Å². The normalized spacial score (nSPS) is 15.9. The van der Waals surface area contributed by atoms with Crippen LogP contribution in [-0.4, -0.2) is 20.5 Å². The third-order valence-corrected chi connectivity index (χ3v) is 9.22. The van der Waals surface area contributed by atoms with E-state index in [2.05, 4.69) is 89.8 Å². The van der Waals surface area contributed by atoms with Gasteiger partial charge in [0.1, 0.15) is 4.75 Å². The minimum atomic E-state index is -1.24. The molecule has 0 amide bonds. The highest BCUT2D eigenvalue weighted by atomic mass is 32.2. The summed E-state index contributed by atoms with van der Waals surface area (Å²) in [5.41, 5.74) is 1.33. The van der Waals surface area contributed by atoms with Gasteiger partial charge in [-0.1, -0.05) is 72.8 Å². The standard InChI is InChI=1S/C24H29N2OPS2/c1-18(25-23(29)26-30(27)24(2,3)4)21-16-11-17-22(21)28(19-12-7-5-8-13-19)20-14-9-6-10-15-20/h5-15,17-18H,16H2,1-4H3,(H2,25,26,29)/t18-,30?/m1/s1. The van der Waals surface area contributed by atoms with Crippen LogP contribution in [-0.2, 0) is 11.4 Å². The lowest BCUT2D eigenvalue weighted by Crippen LogP contribution is -2.49. The molecule has 2 atom stereocenters. The SMILES string of the molecule is C[C@@H](NC(=S)N[S+]([O-])C(C)(C)C)C1=C(P(c2ccccc2)c2ccccc2)C=CC1. The van der Waals surface area contributed by atoms with Crippen molar-refractivity contribution in [2.75, 3.05) is 0 Å². The minimum Gasteiger partial charge on any atom is -0.593 e. The van der Waals surface area contributed by atoms with Crippen molar-refractivity contribution in [2.24, 2.45) is 0 Å². The number of benzene rings is 2. The van der Waals surface area contributed by atoms with Gasteiger partial charge in [-0.05, 0) is 75.8 Å². The molecule has 0 aliphatic heterocycles. The average Bonchev–Trinajstić information content (AvgIpc) is 3.18. The van der Waals surface area contributed by atoms with Gasteiger partial charge in [-0.2, -0.15) is 4.72 Å². The smallest absolute Gasteiger partial charge is 0.210 e. The first kappa shape index (κ1) is 23.0. The van der Waals surface area contributed by atoms with E-state index < -0.39 is 19.3 Å². The van der Waals surface area contributed by atoms with Crippen LogP contribution in [0.2, 0.25) is 0 Å². The summed E-state index contributed by atoms with van der Waals surface area (Å²) in [5, 5.41) is 7.81. The van der Waals surface area contributed by atoms with E-state index in [0.29, 0.717) is 5.11 Å². The fraction of sp³-hybridized carbons (Fsp3) is 0.292. The van der Waals surface area contributed by atoms with Crippen LogP contribution in [0.1, 0.15) is 34.1 Å². The molecule has 0 radical (unpaired) electrons. The summed E-state index contributed by atoms with van der Waals surface area (Å²) in [4.78, 5) is 0. The van der Waals surface area contributed by atoms with Crippen molar-refractivity contribution < 1.29 is 4.55 Å². The van der Waals surface area contributed by atoms with Gasteiger partial charge in [0.25, 0.3) is 0 Å². The molecule has 2 N–H and O–H groups in total. The van der Waals surface area contributed by atoms with Gasteiger partial charge in [0.05, 0.1) is 11.4 Å². The van der Waals surface area contributed by atoms with Gasteiger partial charge >= 0.3 is 0 Å². The molecule has 1 unspecified atom stereocenters. The second-order valence-electron chi connectivity index (χ2n) is 8.20. The zero-order chi connectivity index (χ0) is 21.7. The molecule has 0 fully saturated rings. The Morgan fingerprint density at radius 3 is 2.07 bits per heavy atom. The summed E-state index contributed by atoms with van der Waals surface area (Å²) in [6.45, 7) is 7.91. The van der Waals surface area contributed by atoms with Crippen LogP contribution in [0, 0.1) is 0 Å².